The summed E-state index contributed by atoms with van der Waals surface area (Å²) >= 11 is 0. The normalized spacial score (nSPS) is 10.9. The first kappa shape index (κ1) is 17.6. The summed E-state index contributed by atoms with van der Waals surface area (Å²) in [6, 6.07) is 8.82. The molecule has 2 aromatic rings. The molecule has 1 heterocycles. The molecule has 0 aliphatic carbocycles. The number of aromatic nitrogens is 1. The third kappa shape index (κ3) is 3.59. The molecule has 6 nitrogen and oxygen atoms in total. The van der Waals surface area contributed by atoms with Gasteiger partial charge >= 0.3 is 0 Å². The second-order valence-electron chi connectivity index (χ2n) is 5.71. The molecule has 0 unspecified atom stereocenters. The van der Waals surface area contributed by atoms with Gasteiger partial charge < -0.3 is 19.5 Å². The van der Waals surface area contributed by atoms with Crippen molar-refractivity contribution >= 4 is 5.91 Å². The van der Waals surface area contributed by atoms with E-state index in [1.165, 1.54) is 21.3 Å². The first-order chi connectivity index (χ1) is 11.4. The Balaban J connectivity index is 2.33. The largest absolute Gasteiger partial charge is 0.493 e. The lowest BCUT2D eigenvalue weighted by Crippen LogP contribution is -2.41. The topological polar surface area (TPSA) is 69.7 Å². The number of carbonyl (C=O) groups is 1. The molecule has 0 spiro atoms. The number of hydrogen-bond acceptors (Lipinski definition) is 5. The lowest BCUT2D eigenvalue weighted by molar-refractivity contribution is 0.0909. The molecular formula is C18H22N2O4. The van der Waals surface area contributed by atoms with Crippen LogP contribution in [0.5, 0.6) is 17.2 Å². The predicted molar refractivity (Wildman–Crippen MR) is 90.8 cm³/mol. The Labute approximate surface area is 141 Å². The maximum atomic E-state index is 12.7. The van der Waals surface area contributed by atoms with E-state index < -0.39 is 5.54 Å². The van der Waals surface area contributed by atoms with Crippen molar-refractivity contribution in [3.05, 3.63) is 47.8 Å². The number of amides is 1. The van der Waals surface area contributed by atoms with Gasteiger partial charge in [-0.3, -0.25) is 9.78 Å². The van der Waals surface area contributed by atoms with E-state index in [0.29, 0.717) is 22.8 Å². The molecule has 1 amide bonds. The highest BCUT2D eigenvalue weighted by molar-refractivity contribution is 5.96. The van der Waals surface area contributed by atoms with E-state index in [1.54, 1.807) is 18.3 Å². The Morgan fingerprint density at radius 3 is 2.12 bits per heavy atom. The van der Waals surface area contributed by atoms with Crippen LogP contribution in [0.3, 0.4) is 0 Å². The Hall–Kier alpha value is -2.76. The van der Waals surface area contributed by atoms with Crippen LogP contribution in [-0.2, 0) is 5.54 Å². The number of hydrogen-bond donors (Lipinski definition) is 1. The van der Waals surface area contributed by atoms with Crippen LogP contribution >= 0.6 is 0 Å². The number of ether oxygens (including phenoxy) is 3. The summed E-state index contributed by atoms with van der Waals surface area (Å²) in [6.07, 6.45) is 1.70. The van der Waals surface area contributed by atoms with Crippen molar-refractivity contribution in [2.45, 2.75) is 19.4 Å². The van der Waals surface area contributed by atoms with E-state index >= 15 is 0 Å². The van der Waals surface area contributed by atoms with Crippen LogP contribution in [0.25, 0.3) is 0 Å². The summed E-state index contributed by atoms with van der Waals surface area (Å²) in [4.78, 5) is 17.0. The zero-order valence-corrected chi connectivity index (χ0v) is 14.5. The summed E-state index contributed by atoms with van der Waals surface area (Å²) < 4.78 is 15.8. The van der Waals surface area contributed by atoms with Gasteiger partial charge in [0.05, 0.1) is 32.6 Å². The molecule has 2 rings (SSSR count). The van der Waals surface area contributed by atoms with Gasteiger partial charge in [-0.25, -0.2) is 0 Å². The predicted octanol–water partition coefficient (Wildman–Crippen LogP) is 2.77. The summed E-state index contributed by atoms with van der Waals surface area (Å²) in [5.41, 5.74) is 0.554. The number of nitrogens with zero attached hydrogens (tertiary/aromatic N) is 1. The number of carbonyl (C=O) groups excluding carboxylic acids is 1. The van der Waals surface area contributed by atoms with Gasteiger partial charge in [-0.15, -0.1) is 0 Å². The summed E-state index contributed by atoms with van der Waals surface area (Å²) in [7, 11) is 4.54. The van der Waals surface area contributed by atoms with Crippen molar-refractivity contribution in [2.24, 2.45) is 0 Å². The minimum Gasteiger partial charge on any atom is -0.493 e. The molecule has 1 aromatic carbocycles. The van der Waals surface area contributed by atoms with Crippen LogP contribution in [0.2, 0.25) is 0 Å². The maximum absolute atomic E-state index is 12.7. The molecular weight excluding hydrogens is 308 g/mol. The van der Waals surface area contributed by atoms with Crippen LogP contribution in [0.4, 0.5) is 0 Å². The molecule has 1 aromatic heterocycles. The van der Waals surface area contributed by atoms with Gasteiger partial charge in [0.2, 0.25) is 5.75 Å². The summed E-state index contributed by atoms with van der Waals surface area (Å²) in [5, 5.41) is 2.98. The number of rotatable bonds is 6. The van der Waals surface area contributed by atoms with E-state index in [0.717, 1.165) is 5.69 Å². The zero-order valence-electron chi connectivity index (χ0n) is 14.5. The fraction of sp³-hybridized carbons (Fsp3) is 0.333. The molecule has 0 aliphatic heterocycles. The quantitative estimate of drug-likeness (QED) is 0.882. The van der Waals surface area contributed by atoms with E-state index in [9.17, 15) is 4.79 Å². The zero-order chi connectivity index (χ0) is 17.7. The molecule has 0 saturated heterocycles. The maximum Gasteiger partial charge on any atom is 0.252 e. The average molecular weight is 330 g/mol. The van der Waals surface area contributed by atoms with E-state index in [4.69, 9.17) is 14.2 Å². The molecule has 0 atom stereocenters. The van der Waals surface area contributed by atoms with Crippen molar-refractivity contribution < 1.29 is 19.0 Å². The highest BCUT2D eigenvalue weighted by Gasteiger charge is 2.26. The lowest BCUT2D eigenvalue weighted by atomic mass is 9.99. The number of nitrogens with one attached hydrogen (secondary N) is 1. The van der Waals surface area contributed by atoms with Gasteiger partial charge in [-0.2, -0.15) is 0 Å². The van der Waals surface area contributed by atoms with Crippen LogP contribution in [0.1, 0.15) is 29.9 Å². The standard InChI is InChI=1S/C18H22N2O4/c1-18(2,15-8-6-7-9-19-15)20-17(21)12-10-13(22-3)16(24-5)14(11-12)23-4/h6-11H,1-5H3,(H,20,21). The molecule has 24 heavy (non-hydrogen) atoms. The first-order valence-electron chi connectivity index (χ1n) is 7.47. The molecule has 128 valence electrons. The Bertz CT molecular complexity index is 689. The van der Waals surface area contributed by atoms with E-state index in [-0.39, 0.29) is 5.91 Å². The molecule has 0 saturated carbocycles. The first-order valence-corrected chi connectivity index (χ1v) is 7.47. The molecule has 0 fully saturated rings. The highest BCUT2D eigenvalue weighted by atomic mass is 16.5. The Kier molecular flexibility index (Phi) is 5.28. The summed E-state index contributed by atoms with van der Waals surface area (Å²) in [6.45, 7) is 3.79. The Morgan fingerprint density at radius 1 is 1.04 bits per heavy atom. The van der Waals surface area contributed by atoms with Gasteiger partial charge in [0.15, 0.2) is 11.5 Å². The van der Waals surface area contributed by atoms with Crippen molar-refractivity contribution in [2.75, 3.05) is 21.3 Å². The fourth-order valence-corrected chi connectivity index (χ4v) is 2.36. The van der Waals surface area contributed by atoms with Crippen molar-refractivity contribution in [1.29, 1.82) is 0 Å². The molecule has 1 N–H and O–H groups in total. The number of benzene rings is 1. The van der Waals surface area contributed by atoms with Gasteiger partial charge in [0.25, 0.3) is 5.91 Å². The van der Waals surface area contributed by atoms with E-state index in [1.807, 2.05) is 32.0 Å². The lowest BCUT2D eigenvalue weighted by Gasteiger charge is -2.26. The fourth-order valence-electron chi connectivity index (χ4n) is 2.36. The van der Waals surface area contributed by atoms with Gasteiger partial charge in [0, 0.05) is 11.8 Å². The van der Waals surface area contributed by atoms with Crippen molar-refractivity contribution in [3.63, 3.8) is 0 Å². The second-order valence-corrected chi connectivity index (χ2v) is 5.71. The highest BCUT2D eigenvalue weighted by Crippen LogP contribution is 2.38. The third-order valence-electron chi connectivity index (χ3n) is 3.66. The van der Waals surface area contributed by atoms with Gasteiger partial charge in [-0.05, 0) is 38.1 Å². The molecule has 0 radical (unpaired) electrons. The van der Waals surface area contributed by atoms with Crippen molar-refractivity contribution in [3.8, 4) is 17.2 Å². The minimum atomic E-state index is -0.626. The summed E-state index contributed by atoms with van der Waals surface area (Å²) in [5.74, 6) is 1.04. The second kappa shape index (κ2) is 7.21. The monoisotopic (exact) mass is 330 g/mol. The van der Waals surface area contributed by atoms with Crippen LogP contribution in [0.15, 0.2) is 36.5 Å². The average Bonchev–Trinajstić information content (AvgIpc) is 2.60. The van der Waals surface area contributed by atoms with Crippen molar-refractivity contribution in [1.82, 2.24) is 10.3 Å². The van der Waals surface area contributed by atoms with Crippen LogP contribution < -0.4 is 19.5 Å². The number of pyridine rings is 1. The third-order valence-corrected chi connectivity index (χ3v) is 3.66. The number of methoxy groups -OCH3 is 3. The van der Waals surface area contributed by atoms with Gasteiger partial charge in [0.1, 0.15) is 0 Å². The molecule has 0 aliphatic rings. The van der Waals surface area contributed by atoms with Gasteiger partial charge in [-0.1, -0.05) is 6.07 Å². The SMILES string of the molecule is COc1cc(C(=O)NC(C)(C)c2ccccn2)cc(OC)c1OC. The minimum absolute atomic E-state index is 0.259. The Morgan fingerprint density at radius 2 is 1.67 bits per heavy atom. The smallest absolute Gasteiger partial charge is 0.252 e. The molecule has 6 heteroatoms. The van der Waals surface area contributed by atoms with E-state index in [2.05, 4.69) is 10.3 Å². The van der Waals surface area contributed by atoms with Crippen LogP contribution in [-0.4, -0.2) is 32.2 Å². The molecule has 0 bridgehead atoms. The van der Waals surface area contributed by atoms with Crippen LogP contribution in [0, 0.1) is 0 Å².